The Morgan fingerprint density at radius 2 is 1.04 bits per heavy atom. The molecule has 0 atom stereocenters. The second-order valence-corrected chi connectivity index (χ2v) is 11.5. The summed E-state index contributed by atoms with van der Waals surface area (Å²) in [5.41, 5.74) is 10.3. The minimum absolute atomic E-state index is 0.214. The predicted octanol–water partition coefficient (Wildman–Crippen LogP) is 8.02. The lowest BCUT2D eigenvalue weighted by Gasteiger charge is -2.27. The first kappa shape index (κ1) is 27.5. The lowest BCUT2D eigenvalue weighted by atomic mass is 9.88. The van der Waals surface area contributed by atoms with Crippen molar-refractivity contribution in [3.63, 3.8) is 0 Å². The quantitative estimate of drug-likeness (QED) is 0.364. The molecule has 46 heavy (non-hydrogen) atoms. The smallest absolute Gasteiger partial charge is 0.202 e. The highest BCUT2D eigenvalue weighted by atomic mass is 16.5. The van der Waals surface area contributed by atoms with Crippen LogP contribution >= 0.6 is 0 Å². The van der Waals surface area contributed by atoms with Crippen LogP contribution in [-0.4, -0.2) is 39.2 Å². The van der Waals surface area contributed by atoms with Gasteiger partial charge in [0.25, 0.3) is 0 Å². The van der Waals surface area contributed by atoms with Crippen molar-refractivity contribution in [2.24, 2.45) is 20.0 Å². The first-order chi connectivity index (χ1) is 22.4. The summed E-state index contributed by atoms with van der Waals surface area (Å²) in [5.74, 6) is -0.326. The molecule has 2 N–H and O–H groups in total. The van der Waals surface area contributed by atoms with Gasteiger partial charge in [0, 0.05) is 16.7 Å². The largest absolute Gasteiger partial charge is 0.504 e. The number of rotatable bonds is 5. The van der Waals surface area contributed by atoms with Gasteiger partial charge in [-0.05, 0) is 79.7 Å². The molecule has 7 heteroatoms. The van der Waals surface area contributed by atoms with Gasteiger partial charge in [0.15, 0.2) is 11.5 Å². The molecule has 0 unspecified atom stereocenters. The summed E-state index contributed by atoms with van der Waals surface area (Å²) in [6, 6.07) is 20.1. The molecule has 7 nitrogen and oxygen atoms in total. The lowest BCUT2D eigenvalue weighted by Crippen LogP contribution is -2.22. The van der Waals surface area contributed by atoms with E-state index in [1.807, 2.05) is 129 Å². The number of aliphatic hydroxyl groups excluding tert-OH is 2. The molecule has 8 rings (SSSR count). The summed E-state index contributed by atoms with van der Waals surface area (Å²) >= 11 is 0. The fraction of sp³-hybridized carbons (Fsp3) is 0.0769. The van der Waals surface area contributed by atoms with E-state index in [0.29, 0.717) is 34.0 Å². The van der Waals surface area contributed by atoms with Gasteiger partial charge in [-0.15, -0.1) is 0 Å². The summed E-state index contributed by atoms with van der Waals surface area (Å²) in [6.45, 7) is 3.74. The molecule has 0 amide bonds. The minimum atomic E-state index is -0.284. The van der Waals surface area contributed by atoms with Crippen LogP contribution in [0.3, 0.4) is 0 Å². The Kier molecular flexibility index (Phi) is 6.46. The van der Waals surface area contributed by atoms with Gasteiger partial charge >= 0.3 is 0 Å². The molecule has 0 saturated carbocycles. The van der Waals surface area contributed by atoms with Crippen molar-refractivity contribution in [3.8, 4) is 0 Å². The van der Waals surface area contributed by atoms with Crippen LogP contribution in [0, 0.1) is 0 Å². The Hall–Kier alpha value is -6.08. The Bertz CT molecular complexity index is 2130. The van der Waals surface area contributed by atoms with E-state index in [4.69, 9.17) is 24.7 Å². The van der Waals surface area contributed by atoms with Crippen LogP contribution < -0.4 is 0 Å². The second kappa shape index (κ2) is 10.8. The Labute approximate surface area is 266 Å². The number of aliphatic imine (C=N–C) groups is 4. The Balaban J connectivity index is 1.42. The monoisotopic (exact) mass is 600 g/mol. The number of hydrogen-bond donors (Lipinski definition) is 2. The van der Waals surface area contributed by atoms with Gasteiger partial charge in [-0.1, -0.05) is 60.7 Å². The predicted molar refractivity (Wildman–Crippen MR) is 184 cm³/mol. The van der Waals surface area contributed by atoms with Crippen LogP contribution in [0.4, 0.5) is 0 Å². The molecule has 5 aliphatic heterocycles. The van der Waals surface area contributed by atoms with E-state index in [9.17, 15) is 10.2 Å². The fourth-order valence-corrected chi connectivity index (χ4v) is 6.05. The molecule has 0 aromatic heterocycles. The average Bonchev–Trinajstić information content (AvgIpc) is 3.90. The zero-order chi connectivity index (χ0) is 31.4. The van der Waals surface area contributed by atoms with Crippen LogP contribution in [0.1, 0.15) is 25.0 Å². The third-order valence-corrected chi connectivity index (χ3v) is 8.07. The van der Waals surface area contributed by atoms with Crippen molar-refractivity contribution in [2.75, 3.05) is 0 Å². The highest BCUT2D eigenvalue weighted by Crippen LogP contribution is 2.43. The van der Waals surface area contributed by atoms with Gasteiger partial charge in [0.2, 0.25) is 5.76 Å². The maximum Gasteiger partial charge on any atom is 0.202 e. The first-order valence-electron chi connectivity index (χ1n) is 15.1. The van der Waals surface area contributed by atoms with E-state index >= 15 is 0 Å². The third-order valence-electron chi connectivity index (χ3n) is 8.07. The van der Waals surface area contributed by atoms with Gasteiger partial charge in [0.05, 0.1) is 57.3 Å². The van der Waals surface area contributed by atoms with Crippen LogP contribution in [0.15, 0.2) is 187 Å². The number of aliphatic hydroxyl groups is 2. The zero-order valence-corrected chi connectivity index (χ0v) is 25.1. The van der Waals surface area contributed by atoms with Crippen molar-refractivity contribution < 1.29 is 14.9 Å². The molecule has 2 aromatic rings. The lowest BCUT2D eigenvalue weighted by molar-refractivity contribution is 0.119. The van der Waals surface area contributed by atoms with E-state index in [1.54, 1.807) is 0 Å². The van der Waals surface area contributed by atoms with Crippen LogP contribution in [0.2, 0.25) is 0 Å². The molecule has 0 saturated heterocycles. The van der Waals surface area contributed by atoms with Crippen LogP contribution in [0.25, 0.3) is 11.1 Å². The third kappa shape index (κ3) is 4.61. The van der Waals surface area contributed by atoms with E-state index < -0.39 is 0 Å². The number of benzene rings is 2. The summed E-state index contributed by atoms with van der Waals surface area (Å²) < 4.78 is 5.99. The standard InChI is InChI=1S/C39H28N4O3/c1-22(2)46-39-36(37(44)38(39)45)35-31-19-17-29(42-31)33(23-9-5-3-6-10-23)27-15-13-25(40-27)21-26-14-16-28(41-26)34(24-11-7-4-8-12-24)30-18-20-32(35)43-30/h3-22,44-45H,1-2H3. The second-order valence-electron chi connectivity index (χ2n) is 11.5. The van der Waals surface area contributed by atoms with Gasteiger partial charge in [-0.25, -0.2) is 20.0 Å². The highest BCUT2D eigenvalue weighted by Gasteiger charge is 2.38. The normalized spacial score (nSPS) is 19.8. The van der Waals surface area contributed by atoms with Crippen molar-refractivity contribution in [2.45, 2.75) is 20.0 Å². The average molecular weight is 601 g/mol. The molecule has 1 aliphatic carbocycles. The fourth-order valence-electron chi connectivity index (χ4n) is 6.05. The molecule has 0 fully saturated rings. The van der Waals surface area contributed by atoms with Crippen molar-refractivity contribution >= 4 is 34.0 Å². The molecule has 0 spiro atoms. The van der Waals surface area contributed by atoms with Crippen molar-refractivity contribution in [1.82, 2.24) is 0 Å². The van der Waals surface area contributed by atoms with Crippen LogP contribution in [-0.2, 0) is 4.74 Å². The van der Waals surface area contributed by atoms with E-state index in [-0.39, 0.29) is 23.4 Å². The summed E-state index contributed by atoms with van der Waals surface area (Å²) in [6.07, 6.45) is 17.4. The van der Waals surface area contributed by atoms with E-state index in [2.05, 4.69) is 0 Å². The first-order valence-corrected chi connectivity index (χ1v) is 15.1. The summed E-state index contributed by atoms with van der Waals surface area (Å²) in [5, 5.41) is 21.7. The Morgan fingerprint density at radius 1 is 0.522 bits per heavy atom. The van der Waals surface area contributed by atoms with E-state index in [1.165, 1.54) is 0 Å². The number of fused-ring (bicyclic) bond motifs is 4. The maximum absolute atomic E-state index is 11.1. The minimum Gasteiger partial charge on any atom is -0.504 e. The number of ether oxygens (including phenoxy) is 1. The van der Waals surface area contributed by atoms with Crippen molar-refractivity contribution in [3.05, 3.63) is 178 Å². The molecule has 2 aromatic carbocycles. The van der Waals surface area contributed by atoms with Crippen LogP contribution in [0.5, 0.6) is 0 Å². The summed E-state index contributed by atoms with van der Waals surface area (Å²) in [7, 11) is 0. The van der Waals surface area contributed by atoms with Gasteiger partial charge < -0.3 is 14.9 Å². The number of nitrogens with zero attached hydrogens (tertiary/aromatic N) is 4. The van der Waals surface area contributed by atoms with Crippen molar-refractivity contribution in [1.29, 1.82) is 0 Å². The molecule has 6 aliphatic rings. The highest BCUT2D eigenvalue weighted by molar-refractivity contribution is 6.34. The Morgan fingerprint density at radius 3 is 1.67 bits per heavy atom. The number of hydrogen-bond acceptors (Lipinski definition) is 7. The van der Waals surface area contributed by atoms with Gasteiger partial charge in [-0.3, -0.25) is 0 Å². The molecular formula is C39H28N4O3. The van der Waals surface area contributed by atoms with E-state index in [0.717, 1.165) is 45.1 Å². The van der Waals surface area contributed by atoms with Gasteiger partial charge in [0.1, 0.15) is 0 Å². The molecule has 0 radical (unpaired) electrons. The zero-order valence-electron chi connectivity index (χ0n) is 25.1. The molecule has 222 valence electrons. The maximum atomic E-state index is 11.1. The molecular weight excluding hydrogens is 572 g/mol. The molecule has 8 bridgehead atoms. The SMILES string of the molecule is CC(C)OC1=C(C2=C3C=CC(=N3)C(c3ccccc3)=C3C=CC(=N3)C=C3C=CC(=N3)C(c3ccccc3)=C3C=CC2=N3)C(O)=C1O. The molecule has 5 heterocycles. The number of allylic oxidation sites excluding steroid dienone is 12. The topological polar surface area (TPSA) is 99.1 Å². The summed E-state index contributed by atoms with van der Waals surface area (Å²) in [4.78, 5) is 20.2. The van der Waals surface area contributed by atoms with Gasteiger partial charge in [-0.2, -0.15) is 0 Å².